The molecule has 0 amide bonds. The van der Waals surface area contributed by atoms with Gasteiger partial charge in [-0.15, -0.1) is 0 Å². The number of nitrogens with zero attached hydrogens (tertiary/aromatic N) is 4. The number of nitrogen functional groups attached to an aromatic ring is 1. The fraction of sp³-hybridized carbons (Fsp3) is 0.562. The summed E-state index contributed by atoms with van der Waals surface area (Å²) in [6.07, 6.45) is 9.87. The molecular weight excluding hydrogens is 292 g/mol. The highest BCUT2D eigenvalue weighted by Crippen LogP contribution is 2.35. The van der Waals surface area contributed by atoms with E-state index in [1.165, 1.54) is 24.8 Å². The molecule has 2 heterocycles. The van der Waals surface area contributed by atoms with Crippen LogP contribution in [0.15, 0.2) is 11.9 Å². The van der Waals surface area contributed by atoms with Crippen LogP contribution in [0, 0.1) is 0 Å². The van der Waals surface area contributed by atoms with Crippen LogP contribution in [0.25, 0.3) is 16.9 Å². The fourth-order valence-electron chi connectivity index (χ4n) is 3.36. The minimum Gasteiger partial charge on any atom is -0.390 e. The molecule has 0 radical (unpaired) electrons. The summed E-state index contributed by atoms with van der Waals surface area (Å²) in [5, 5.41) is 13.2. The van der Waals surface area contributed by atoms with Gasteiger partial charge in [0, 0.05) is 6.04 Å². The number of nitrogens with two attached hydrogens (primary N) is 1. The molecule has 7 nitrogen and oxygen atoms in total. The third-order valence-corrected chi connectivity index (χ3v) is 4.71. The first-order valence-electron chi connectivity index (χ1n) is 8.35. The van der Waals surface area contributed by atoms with Crippen molar-refractivity contribution in [3.8, 4) is 0 Å². The molecular formula is C16H22N6O. The second kappa shape index (κ2) is 5.81. The molecule has 2 aliphatic carbocycles. The highest BCUT2D eigenvalue weighted by atomic mass is 16.3. The first-order valence-corrected chi connectivity index (χ1v) is 8.35. The predicted molar refractivity (Wildman–Crippen MR) is 89.8 cm³/mol. The van der Waals surface area contributed by atoms with Crippen LogP contribution in [0.4, 0.5) is 11.8 Å². The Bertz CT molecular complexity index is 753. The minimum absolute atomic E-state index is 0.0178. The molecule has 0 aliphatic heterocycles. The normalized spacial score (nSPS) is 18.4. The van der Waals surface area contributed by atoms with Gasteiger partial charge in [-0.25, -0.2) is 4.98 Å². The van der Waals surface area contributed by atoms with Crippen LogP contribution in [0.5, 0.6) is 0 Å². The zero-order valence-corrected chi connectivity index (χ0v) is 13.1. The Morgan fingerprint density at radius 3 is 2.74 bits per heavy atom. The third-order valence-electron chi connectivity index (χ3n) is 4.71. The van der Waals surface area contributed by atoms with Crippen molar-refractivity contribution in [1.82, 2.24) is 19.5 Å². The quantitative estimate of drug-likeness (QED) is 0.799. The molecule has 0 aromatic carbocycles. The summed E-state index contributed by atoms with van der Waals surface area (Å²) < 4.78 is 1.85. The number of imidazole rings is 1. The summed E-state index contributed by atoms with van der Waals surface area (Å²) in [6, 6.07) is 0.422. The van der Waals surface area contributed by atoms with Gasteiger partial charge in [0.25, 0.3) is 0 Å². The highest BCUT2D eigenvalue weighted by molar-refractivity contribution is 5.86. The van der Waals surface area contributed by atoms with Gasteiger partial charge in [-0.1, -0.05) is 19.3 Å². The van der Waals surface area contributed by atoms with Gasteiger partial charge >= 0.3 is 0 Å². The number of hydrogen-bond donors (Lipinski definition) is 3. The number of aliphatic hydroxyl groups excluding tert-OH is 1. The molecule has 0 atom stereocenters. The lowest BCUT2D eigenvalue weighted by Gasteiger charge is -2.23. The van der Waals surface area contributed by atoms with Gasteiger partial charge in [-0.2, -0.15) is 9.97 Å². The Morgan fingerprint density at radius 1 is 1.26 bits per heavy atom. The number of aromatic nitrogens is 4. The van der Waals surface area contributed by atoms with Gasteiger partial charge in [0.05, 0.1) is 12.3 Å². The van der Waals surface area contributed by atoms with E-state index >= 15 is 0 Å². The van der Waals surface area contributed by atoms with Crippen LogP contribution < -0.4 is 11.1 Å². The number of aliphatic hydroxyl groups is 1. The number of nitrogens with one attached hydrogen (secondary N) is 1. The number of allylic oxidation sites excluding steroid dienone is 1. The molecule has 0 bridgehead atoms. The zero-order valence-electron chi connectivity index (χ0n) is 13.1. The van der Waals surface area contributed by atoms with Crippen LogP contribution in [0.1, 0.15) is 44.9 Å². The van der Waals surface area contributed by atoms with Crippen LogP contribution in [-0.2, 0) is 0 Å². The van der Waals surface area contributed by atoms with E-state index in [1.807, 2.05) is 4.57 Å². The Hall–Kier alpha value is -2.15. The number of anilines is 2. The zero-order chi connectivity index (χ0) is 15.8. The molecule has 122 valence electrons. The summed E-state index contributed by atoms with van der Waals surface area (Å²) >= 11 is 0. The maximum Gasteiger partial charge on any atom is 0.224 e. The van der Waals surface area contributed by atoms with Crippen molar-refractivity contribution < 1.29 is 5.11 Å². The second-order valence-electron chi connectivity index (χ2n) is 6.40. The molecule has 2 saturated carbocycles. The van der Waals surface area contributed by atoms with Crippen molar-refractivity contribution in [3.05, 3.63) is 11.9 Å². The lowest BCUT2D eigenvalue weighted by Crippen LogP contribution is -2.23. The summed E-state index contributed by atoms with van der Waals surface area (Å²) in [4.78, 5) is 13.2. The van der Waals surface area contributed by atoms with E-state index < -0.39 is 0 Å². The Morgan fingerprint density at radius 2 is 2.04 bits per heavy atom. The Kier molecular flexibility index (Phi) is 3.65. The average Bonchev–Trinajstić information content (AvgIpc) is 3.30. The molecule has 0 spiro atoms. The maximum absolute atomic E-state index is 9.67. The topological polar surface area (TPSA) is 102 Å². The van der Waals surface area contributed by atoms with Crippen molar-refractivity contribution in [2.75, 3.05) is 17.7 Å². The van der Waals surface area contributed by atoms with E-state index in [4.69, 9.17) is 5.73 Å². The van der Waals surface area contributed by atoms with E-state index in [-0.39, 0.29) is 12.6 Å². The lowest BCUT2D eigenvalue weighted by molar-refractivity contribution is 0.344. The van der Waals surface area contributed by atoms with Crippen LogP contribution >= 0.6 is 0 Å². The van der Waals surface area contributed by atoms with Crippen LogP contribution in [-0.4, -0.2) is 37.3 Å². The minimum atomic E-state index is -0.0178. The summed E-state index contributed by atoms with van der Waals surface area (Å²) in [5.74, 6) is 0.937. The van der Waals surface area contributed by atoms with Crippen LogP contribution in [0.3, 0.4) is 0 Å². The largest absolute Gasteiger partial charge is 0.390 e. The van der Waals surface area contributed by atoms with E-state index in [0.29, 0.717) is 17.5 Å². The van der Waals surface area contributed by atoms with Gasteiger partial charge in [0.2, 0.25) is 5.95 Å². The Labute approximate surface area is 134 Å². The second-order valence-corrected chi connectivity index (χ2v) is 6.40. The first-order chi connectivity index (χ1) is 11.3. The number of hydrogen-bond acceptors (Lipinski definition) is 6. The molecule has 2 aromatic heterocycles. The van der Waals surface area contributed by atoms with Crippen molar-refractivity contribution in [1.29, 1.82) is 0 Å². The van der Waals surface area contributed by atoms with E-state index in [0.717, 1.165) is 36.9 Å². The molecule has 7 heteroatoms. The van der Waals surface area contributed by atoms with Crippen molar-refractivity contribution in [3.63, 3.8) is 0 Å². The standard InChI is InChI=1S/C16H22N6O/c17-16-20-14(19-11-4-2-1-3-5-11)13-15(21-16)22(9-18-13)12(8-23)10-6-7-10/h9,11,23H,1-8H2,(H3,17,19,20,21). The molecule has 0 saturated heterocycles. The maximum atomic E-state index is 9.67. The first kappa shape index (κ1) is 14.4. The van der Waals surface area contributed by atoms with Crippen molar-refractivity contribution in [2.45, 2.75) is 51.0 Å². The summed E-state index contributed by atoms with van der Waals surface area (Å²) in [6.45, 7) is -0.0178. The molecule has 23 heavy (non-hydrogen) atoms. The SMILES string of the molecule is Nc1nc(NC2CCCCC2)c2ncn(C(CO)=C3CC3)c2n1. The molecule has 4 N–H and O–H groups in total. The summed E-state index contributed by atoms with van der Waals surface area (Å²) in [7, 11) is 0. The predicted octanol–water partition coefficient (Wildman–Crippen LogP) is 2.15. The van der Waals surface area contributed by atoms with Crippen molar-refractivity contribution >= 4 is 28.6 Å². The average molecular weight is 314 g/mol. The van der Waals surface area contributed by atoms with Gasteiger partial charge < -0.3 is 16.2 Å². The lowest BCUT2D eigenvalue weighted by atomic mass is 9.95. The number of rotatable bonds is 4. The molecule has 2 aromatic rings. The molecule has 0 unspecified atom stereocenters. The van der Waals surface area contributed by atoms with E-state index in [9.17, 15) is 5.11 Å². The van der Waals surface area contributed by atoms with Gasteiger partial charge in [-0.3, -0.25) is 4.57 Å². The fourth-order valence-corrected chi connectivity index (χ4v) is 3.36. The smallest absolute Gasteiger partial charge is 0.224 e. The summed E-state index contributed by atoms with van der Waals surface area (Å²) in [5.41, 5.74) is 9.42. The highest BCUT2D eigenvalue weighted by Gasteiger charge is 2.22. The monoisotopic (exact) mass is 314 g/mol. The van der Waals surface area contributed by atoms with Gasteiger partial charge in [-0.05, 0) is 31.3 Å². The molecule has 2 aliphatic rings. The van der Waals surface area contributed by atoms with Gasteiger partial charge in [0.15, 0.2) is 17.0 Å². The van der Waals surface area contributed by atoms with E-state index in [1.54, 1.807) is 6.33 Å². The molecule has 2 fully saturated rings. The number of fused-ring (bicyclic) bond motifs is 1. The van der Waals surface area contributed by atoms with Crippen molar-refractivity contribution in [2.24, 2.45) is 0 Å². The van der Waals surface area contributed by atoms with Crippen LogP contribution in [0.2, 0.25) is 0 Å². The molecule has 4 rings (SSSR count). The third kappa shape index (κ3) is 2.76. The van der Waals surface area contributed by atoms with E-state index in [2.05, 4.69) is 20.3 Å². The Balaban J connectivity index is 1.74. The van der Waals surface area contributed by atoms with Gasteiger partial charge in [0.1, 0.15) is 6.33 Å².